The van der Waals surface area contributed by atoms with E-state index >= 15 is 0 Å². The molecule has 3 aromatic rings. The van der Waals surface area contributed by atoms with Crippen LogP contribution in [0.2, 0.25) is 0 Å². The highest BCUT2D eigenvalue weighted by Gasteiger charge is 2.38. The SMILES string of the molecule is CC1c2ccc3nc(-c4cn[nH]c4C(F)(F)F)c4c(c3c2NN1C)CCCC4. The van der Waals surface area contributed by atoms with Crippen LogP contribution in [0.1, 0.15) is 48.2 Å². The molecule has 5 rings (SSSR count). The number of hydrogen-bond donors (Lipinski definition) is 2. The molecule has 0 bridgehead atoms. The van der Waals surface area contributed by atoms with Crippen LogP contribution in [0.25, 0.3) is 22.2 Å². The van der Waals surface area contributed by atoms with Gasteiger partial charge in [0.1, 0.15) is 5.69 Å². The topological polar surface area (TPSA) is 56.8 Å². The van der Waals surface area contributed by atoms with Crippen molar-refractivity contribution in [2.45, 2.75) is 44.8 Å². The third-order valence-corrected chi connectivity index (χ3v) is 6.00. The zero-order valence-corrected chi connectivity index (χ0v) is 15.6. The molecule has 1 atom stereocenters. The number of fused-ring (bicyclic) bond motifs is 5. The summed E-state index contributed by atoms with van der Waals surface area (Å²) in [4.78, 5) is 4.71. The van der Waals surface area contributed by atoms with E-state index < -0.39 is 11.9 Å². The standard InChI is InChI=1S/C20H20F3N5/c1-10-11-7-8-15-16(18(11)27-28(10)2)12-5-3-4-6-13(12)17(25-15)14-9-24-26-19(14)20(21,22)23/h7-10,27H,3-6H2,1-2H3,(H,24,26). The number of aromatic nitrogens is 3. The summed E-state index contributed by atoms with van der Waals surface area (Å²) in [6.07, 6.45) is 0.292. The second-order valence-electron chi connectivity index (χ2n) is 7.60. The summed E-state index contributed by atoms with van der Waals surface area (Å²) in [5, 5.41) is 8.88. The number of aryl methyl sites for hydroxylation is 1. The van der Waals surface area contributed by atoms with Crippen LogP contribution in [0.4, 0.5) is 18.9 Å². The van der Waals surface area contributed by atoms with Crippen molar-refractivity contribution in [1.82, 2.24) is 20.2 Å². The van der Waals surface area contributed by atoms with Gasteiger partial charge in [-0.3, -0.25) is 5.10 Å². The minimum absolute atomic E-state index is 0.0338. The molecule has 0 saturated heterocycles. The predicted molar refractivity (Wildman–Crippen MR) is 101 cm³/mol. The Morgan fingerprint density at radius 3 is 2.64 bits per heavy atom. The lowest BCUT2D eigenvalue weighted by molar-refractivity contribution is -0.140. The Hall–Kier alpha value is -2.61. The molecule has 2 aromatic heterocycles. The quantitative estimate of drug-likeness (QED) is 0.626. The first-order chi connectivity index (χ1) is 13.4. The van der Waals surface area contributed by atoms with Crippen molar-refractivity contribution in [1.29, 1.82) is 0 Å². The van der Waals surface area contributed by atoms with Crippen molar-refractivity contribution in [3.05, 3.63) is 40.7 Å². The number of hydrogen-bond acceptors (Lipinski definition) is 4. The largest absolute Gasteiger partial charge is 0.433 e. The molecule has 3 heterocycles. The number of H-pyrrole nitrogens is 1. The molecule has 1 unspecified atom stereocenters. The van der Waals surface area contributed by atoms with Crippen molar-refractivity contribution < 1.29 is 13.2 Å². The van der Waals surface area contributed by atoms with Gasteiger partial charge in [0.25, 0.3) is 0 Å². The molecule has 0 spiro atoms. The molecule has 2 aliphatic rings. The fourth-order valence-electron chi connectivity index (χ4n) is 4.49. The van der Waals surface area contributed by atoms with Crippen LogP contribution in [0.15, 0.2) is 18.3 Å². The molecular weight excluding hydrogens is 367 g/mol. The molecule has 8 heteroatoms. The molecule has 28 heavy (non-hydrogen) atoms. The Kier molecular flexibility index (Phi) is 3.71. The van der Waals surface area contributed by atoms with Crippen LogP contribution in [-0.4, -0.2) is 27.2 Å². The average Bonchev–Trinajstić information content (AvgIpc) is 3.26. The molecular formula is C20H20F3N5. The second kappa shape index (κ2) is 5.94. The summed E-state index contributed by atoms with van der Waals surface area (Å²) >= 11 is 0. The number of nitrogens with one attached hydrogen (secondary N) is 2. The lowest BCUT2D eigenvalue weighted by Crippen LogP contribution is -2.20. The smallest absolute Gasteiger partial charge is 0.318 e. The average molecular weight is 387 g/mol. The molecule has 0 fully saturated rings. The maximum Gasteiger partial charge on any atom is 0.433 e. The van der Waals surface area contributed by atoms with Crippen LogP contribution in [0.5, 0.6) is 0 Å². The highest BCUT2D eigenvalue weighted by Crippen LogP contribution is 2.45. The monoisotopic (exact) mass is 387 g/mol. The van der Waals surface area contributed by atoms with Gasteiger partial charge in [-0.1, -0.05) is 6.07 Å². The van der Waals surface area contributed by atoms with Gasteiger partial charge in [-0.25, -0.2) is 9.99 Å². The summed E-state index contributed by atoms with van der Waals surface area (Å²) in [6, 6.07) is 4.17. The Morgan fingerprint density at radius 2 is 1.89 bits per heavy atom. The Morgan fingerprint density at radius 1 is 1.14 bits per heavy atom. The Labute approximate surface area is 159 Å². The minimum atomic E-state index is -4.50. The van der Waals surface area contributed by atoms with Gasteiger partial charge < -0.3 is 5.43 Å². The summed E-state index contributed by atoms with van der Waals surface area (Å²) in [7, 11) is 1.99. The molecule has 1 aliphatic carbocycles. The lowest BCUT2D eigenvalue weighted by Gasteiger charge is -2.23. The number of alkyl halides is 3. The Bertz CT molecular complexity index is 1090. The molecule has 146 valence electrons. The molecule has 0 radical (unpaired) electrons. The van der Waals surface area contributed by atoms with Gasteiger partial charge in [0.2, 0.25) is 0 Å². The number of rotatable bonds is 1. The van der Waals surface area contributed by atoms with Crippen LogP contribution in [-0.2, 0) is 19.0 Å². The maximum absolute atomic E-state index is 13.5. The van der Waals surface area contributed by atoms with Gasteiger partial charge in [-0.2, -0.15) is 18.3 Å². The summed E-state index contributed by atoms with van der Waals surface area (Å²) in [5.74, 6) is 0. The first kappa shape index (κ1) is 17.5. The highest BCUT2D eigenvalue weighted by molar-refractivity contribution is 5.99. The zero-order valence-electron chi connectivity index (χ0n) is 15.6. The maximum atomic E-state index is 13.5. The van der Waals surface area contributed by atoms with Gasteiger partial charge in [0.05, 0.1) is 34.7 Å². The first-order valence-corrected chi connectivity index (χ1v) is 9.45. The minimum Gasteiger partial charge on any atom is -0.318 e. The van der Waals surface area contributed by atoms with E-state index in [1.54, 1.807) is 0 Å². The van der Waals surface area contributed by atoms with Crippen molar-refractivity contribution in [3.63, 3.8) is 0 Å². The first-order valence-electron chi connectivity index (χ1n) is 9.45. The third kappa shape index (κ3) is 2.44. The van der Waals surface area contributed by atoms with Crippen molar-refractivity contribution in [2.24, 2.45) is 0 Å². The summed E-state index contributed by atoms with van der Waals surface area (Å²) in [5.41, 5.74) is 8.02. The van der Waals surface area contributed by atoms with E-state index in [0.29, 0.717) is 5.69 Å². The fourth-order valence-corrected chi connectivity index (χ4v) is 4.49. The second-order valence-corrected chi connectivity index (χ2v) is 7.60. The molecule has 2 N–H and O–H groups in total. The summed E-state index contributed by atoms with van der Waals surface area (Å²) < 4.78 is 40.4. The van der Waals surface area contributed by atoms with Gasteiger partial charge >= 0.3 is 6.18 Å². The van der Waals surface area contributed by atoms with Crippen molar-refractivity contribution >= 4 is 16.6 Å². The molecule has 1 aliphatic heterocycles. The van der Waals surface area contributed by atoms with E-state index in [1.165, 1.54) is 11.8 Å². The van der Waals surface area contributed by atoms with Gasteiger partial charge in [-0.05, 0) is 55.4 Å². The number of benzene rings is 1. The van der Waals surface area contributed by atoms with E-state index in [-0.39, 0.29) is 11.6 Å². The van der Waals surface area contributed by atoms with Gasteiger partial charge in [0.15, 0.2) is 0 Å². The van der Waals surface area contributed by atoms with Crippen molar-refractivity contribution in [2.75, 3.05) is 12.5 Å². The number of nitrogens with zero attached hydrogens (tertiary/aromatic N) is 3. The van der Waals surface area contributed by atoms with E-state index in [9.17, 15) is 13.2 Å². The number of hydrazine groups is 1. The number of pyridine rings is 1. The van der Waals surface area contributed by atoms with Gasteiger partial charge in [0, 0.05) is 12.4 Å². The highest BCUT2D eigenvalue weighted by atomic mass is 19.4. The normalized spacial score (nSPS) is 19.5. The van der Waals surface area contributed by atoms with Gasteiger partial charge in [-0.15, -0.1) is 0 Å². The molecule has 5 nitrogen and oxygen atoms in total. The Balaban J connectivity index is 1.82. The van der Waals surface area contributed by atoms with Crippen LogP contribution < -0.4 is 5.43 Å². The summed E-state index contributed by atoms with van der Waals surface area (Å²) in [6.45, 7) is 2.12. The number of halogens is 3. The zero-order chi connectivity index (χ0) is 19.6. The number of aromatic amines is 1. The predicted octanol–water partition coefficient (Wildman–Crippen LogP) is 4.86. The van der Waals surface area contributed by atoms with Crippen molar-refractivity contribution in [3.8, 4) is 11.3 Å². The molecule has 0 amide bonds. The van der Waals surface area contributed by atoms with Crippen LogP contribution >= 0.6 is 0 Å². The van der Waals surface area contributed by atoms with E-state index in [2.05, 4.69) is 22.5 Å². The lowest BCUT2D eigenvalue weighted by atomic mass is 9.85. The fraction of sp³-hybridized carbons (Fsp3) is 0.400. The van der Waals surface area contributed by atoms with E-state index in [1.807, 2.05) is 24.2 Å². The van der Waals surface area contributed by atoms with Crippen LogP contribution in [0, 0.1) is 0 Å². The molecule has 1 aromatic carbocycles. The van der Waals surface area contributed by atoms with Crippen LogP contribution in [0.3, 0.4) is 0 Å². The number of anilines is 1. The third-order valence-electron chi connectivity index (χ3n) is 6.00. The van der Waals surface area contributed by atoms with E-state index in [0.717, 1.165) is 53.4 Å². The van der Waals surface area contributed by atoms with E-state index in [4.69, 9.17) is 4.98 Å². The molecule has 0 saturated carbocycles.